The van der Waals surface area contributed by atoms with Crippen LogP contribution in [0.25, 0.3) is 0 Å². The third-order valence-electron chi connectivity index (χ3n) is 4.96. The molecule has 162 valence electrons. The van der Waals surface area contributed by atoms with Crippen molar-refractivity contribution in [2.24, 2.45) is 0 Å². The van der Waals surface area contributed by atoms with Crippen LogP contribution in [-0.4, -0.2) is 35.4 Å². The normalized spacial score (nSPS) is 12.7. The molecule has 2 aromatic carbocycles. The highest BCUT2D eigenvalue weighted by Gasteiger charge is 2.27. The first-order chi connectivity index (χ1) is 14.2. The van der Waals surface area contributed by atoms with Crippen LogP contribution in [0.5, 0.6) is 5.75 Å². The summed E-state index contributed by atoms with van der Waals surface area (Å²) in [5.74, 6) is 0.102. The molecular formula is C23H28BrClN2O3. The van der Waals surface area contributed by atoms with E-state index < -0.39 is 6.04 Å². The molecule has 2 rings (SSSR count). The standard InChI is InChI=1S/C23H28BrClN2O3/c1-5-16(3)26-23(29)17(4)27(13-18-8-6-7-9-21(18)25)22(28)14-30-19-10-11-20(24)15(2)12-19/h6-12,16-17H,5,13-14H2,1-4H3,(H,26,29)/t16-,17+/m0/s1. The van der Waals surface area contributed by atoms with Crippen molar-refractivity contribution in [1.82, 2.24) is 10.2 Å². The highest BCUT2D eigenvalue weighted by molar-refractivity contribution is 9.10. The van der Waals surface area contributed by atoms with Gasteiger partial charge in [-0.15, -0.1) is 0 Å². The molecule has 2 aromatic rings. The van der Waals surface area contributed by atoms with E-state index in [2.05, 4.69) is 21.2 Å². The average Bonchev–Trinajstić information content (AvgIpc) is 2.73. The van der Waals surface area contributed by atoms with Crippen molar-refractivity contribution in [3.05, 3.63) is 63.1 Å². The number of hydrogen-bond donors (Lipinski definition) is 1. The zero-order valence-electron chi connectivity index (χ0n) is 17.7. The minimum absolute atomic E-state index is 0.0270. The maximum absolute atomic E-state index is 13.1. The van der Waals surface area contributed by atoms with Crippen molar-refractivity contribution < 1.29 is 14.3 Å². The second-order valence-electron chi connectivity index (χ2n) is 7.31. The Labute approximate surface area is 191 Å². The molecule has 1 N–H and O–H groups in total. The first-order valence-electron chi connectivity index (χ1n) is 9.95. The highest BCUT2D eigenvalue weighted by Crippen LogP contribution is 2.22. The molecule has 30 heavy (non-hydrogen) atoms. The van der Waals surface area contributed by atoms with E-state index in [-0.39, 0.29) is 31.0 Å². The molecule has 7 heteroatoms. The van der Waals surface area contributed by atoms with Gasteiger partial charge in [-0.3, -0.25) is 9.59 Å². The number of halogens is 2. The van der Waals surface area contributed by atoms with E-state index in [9.17, 15) is 9.59 Å². The van der Waals surface area contributed by atoms with Gasteiger partial charge < -0.3 is 15.0 Å². The van der Waals surface area contributed by atoms with Gasteiger partial charge in [0.1, 0.15) is 11.8 Å². The lowest BCUT2D eigenvalue weighted by Gasteiger charge is -2.30. The third-order valence-corrected chi connectivity index (χ3v) is 6.22. The Morgan fingerprint density at radius 2 is 1.90 bits per heavy atom. The van der Waals surface area contributed by atoms with Gasteiger partial charge >= 0.3 is 0 Å². The molecule has 2 amide bonds. The predicted octanol–water partition coefficient (Wildman–Crippen LogP) is 5.12. The monoisotopic (exact) mass is 494 g/mol. The number of ether oxygens (including phenoxy) is 1. The van der Waals surface area contributed by atoms with Crippen molar-refractivity contribution in [3.63, 3.8) is 0 Å². The largest absolute Gasteiger partial charge is 0.484 e. The van der Waals surface area contributed by atoms with Crippen LogP contribution >= 0.6 is 27.5 Å². The van der Waals surface area contributed by atoms with E-state index in [1.54, 1.807) is 19.1 Å². The second-order valence-corrected chi connectivity index (χ2v) is 8.57. The highest BCUT2D eigenvalue weighted by atomic mass is 79.9. The fraction of sp³-hybridized carbons (Fsp3) is 0.391. The van der Waals surface area contributed by atoms with Crippen molar-refractivity contribution in [2.45, 2.75) is 52.7 Å². The number of rotatable bonds is 9. The van der Waals surface area contributed by atoms with E-state index in [1.165, 1.54) is 4.90 Å². The van der Waals surface area contributed by atoms with Gasteiger partial charge in [0.2, 0.25) is 5.91 Å². The SMILES string of the molecule is CC[C@H](C)NC(=O)[C@@H](C)N(Cc1ccccc1Cl)C(=O)COc1ccc(Br)c(C)c1. The Balaban J connectivity index is 2.18. The van der Waals surface area contributed by atoms with Gasteiger partial charge in [-0.05, 0) is 62.6 Å². The first kappa shape index (κ1) is 24.2. The van der Waals surface area contributed by atoms with Crippen LogP contribution < -0.4 is 10.1 Å². The number of aryl methyl sites for hydroxylation is 1. The fourth-order valence-corrected chi connectivity index (χ4v) is 3.24. The van der Waals surface area contributed by atoms with Gasteiger partial charge in [0.25, 0.3) is 5.91 Å². The number of nitrogens with zero attached hydrogens (tertiary/aromatic N) is 1. The van der Waals surface area contributed by atoms with E-state index in [0.29, 0.717) is 10.8 Å². The number of carbonyl (C=O) groups is 2. The lowest BCUT2D eigenvalue weighted by atomic mass is 10.1. The lowest BCUT2D eigenvalue weighted by molar-refractivity contribution is -0.142. The van der Waals surface area contributed by atoms with Crippen molar-refractivity contribution in [2.75, 3.05) is 6.61 Å². The smallest absolute Gasteiger partial charge is 0.261 e. The van der Waals surface area contributed by atoms with Gasteiger partial charge in [0.05, 0.1) is 0 Å². The Bertz CT molecular complexity index is 891. The molecule has 0 aromatic heterocycles. The minimum Gasteiger partial charge on any atom is -0.484 e. The van der Waals surface area contributed by atoms with Crippen LogP contribution in [0.15, 0.2) is 46.9 Å². The maximum Gasteiger partial charge on any atom is 0.261 e. The summed E-state index contributed by atoms with van der Waals surface area (Å²) in [4.78, 5) is 27.3. The zero-order valence-corrected chi connectivity index (χ0v) is 20.1. The number of carbonyl (C=O) groups excluding carboxylic acids is 2. The Morgan fingerprint density at radius 1 is 1.20 bits per heavy atom. The minimum atomic E-state index is -0.668. The molecule has 0 bridgehead atoms. The summed E-state index contributed by atoms with van der Waals surface area (Å²) in [6, 6.07) is 12.2. The average molecular weight is 496 g/mol. The summed E-state index contributed by atoms with van der Waals surface area (Å²) in [6.45, 7) is 7.64. The summed E-state index contributed by atoms with van der Waals surface area (Å²) < 4.78 is 6.68. The molecule has 0 spiro atoms. The fourth-order valence-electron chi connectivity index (χ4n) is 2.79. The number of benzene rings is 2. The Hall–Kier alpha value is -2.05. The Morgan fingerprint density at radius 3 is 2.53 bits per heavy atom. The summed E-state index contributed by atoms with van der Waals surface area (Å²) in [5, 5.41) is 3.49. The molecule has 0 aliphatic rings. The summed E-state index contributed by atoms with van der Waals surface area (Å²) in [6.07, 6.45) is 0.808. The van der Waals surface area contributed by atoms with Crippen LogP contribution in [0.4, 0.5) is 0 Å². The third kappa shape index (κ3) is 6.74. The van der Waals surface area contributed by atoms with Crippen LogP contribution in [0.1, 0.15) is 38.3 Å². The van der Waals surface area contributed by atoms with Crippen LogP contribution in [0, 0.1) is 6.92 Å². The molecule has 0 aliphatic carbocycles. The molecule has 0 unspecified atom stereocenters. The summed E-state index contributed by atoms with van der Waals surface area (Å²) in [5.41, 5.74) is 1.78. The van der Waals surface area contributed by atoms with Crippen LogP contribution in [0.2, 0.25) is 5.02 Å². The zero-order chi connectivity index (χ0) is 22.3. The molecule has 0 heterocycles. The van der Waals surface area contributed by atoms with E-state index >= 15 is 0 Å². The molecule has 0 saturated heterocycles. The first-order valence-corrected chi connectivity index (χ1v) is 11.1. The molecule has 0 fully saturated rings. The van der Waals surface area contributed by atoms with E-state index in [0.717, 1.165) is 22.0 Å². The molecule has 0 radical (unpaired) electrons. The lowest BCUT2D eigenvalue weighted by Crippen LogP contribution is -2.50. The van der Waals surface area contributed by atoms with Gasteiger partial charge in [-0.1, -0.05) is 52.7 Å². The number of nitrogens with one attached hydrogen (secondary N) is 1. The van der Waals surface area contributed by atoms with Crippen molar-refractivity contribution in [1.29, 1.82) is 0 Å². The van der Waals surface area contributed by atoms with Gasteiger partial charge in [-0.2, -0.15) is 0 Å². The summed E-state index contributed by atoms with van der Waals surface area (Å²) >= 11 is 9.74. The topological polar surface area (TPSA) is 58.6 Å². The number of hydrogen-bond acceptors (Lipinski definition) is 3. The predicted molar refractivity (Wildman–Crippen MR) is 124 cm³/mol. The molecule has 2 atom stereocenters. The quantitative estimate of drug-likeness (QED) is 0.525. The number of amides is 2. The van der Waals surface area contributed by atoms with Gasteiger partial charge in [0, 0.05) is 22.1 Å². The van der Waals surface area contributed by atoms with Gasteiger partial charge in [-0.25, -0.2) is 0 Å². The van der Waals surface area contributed by atoms with E-state index in [1.807, 2.05) is 51.1 Å². The van der Waals surface area contributed by atoms with Crippen molar-refractivity contribution in [3.8, 4) is 5.75 Å². The second kappa shape index (κ2) is 11.4. The van der Waals surface area contributed by atoms with E-state index in [4.69, 9.17) is 16.3 Å². The molecule has 5 nitrogen and oxygen atoms in total. The molecule has 0 saturated carbocycles. The van der Waals surface area contributed by atoms with Crippen molar-refractivity contribution >= 4 is 39.3 Å². The molecule has 0 aliphatic heterocycles. The molecular weight excluding hydrogens is 468 g/mol. The van der Waals surface area contributed by atoms with Crippen LogP contribution in [-0.2, 0) is 16.1 Å². The maximum atomic E-state index is 13.1. The van der Waals surface area contributed by atoms with Gasteiger partial charge in [0.15, 0.2) is 6.61 Å². The van der Waals surface area contributed by atoms with Crippen LogP contribution in [0.3, 0.4) is 0 Å². The summed E-state index contributed by atoms with van der Waals surface area (Å²) in [7, 11) is 0. The Kier molecular flexibility index (Phi) is 9.18.